The fourth-order valence-corrected chi connectivity index (χ4v) is 5.17. The van der Waals surface area contributed by atoms with Gasteiger partial charge in [-0.15, -0.1) is 0 Å². The number of unbranched alkanes of at least 4 members (excludes halogenated alkanes) is 18. The van der Waals surface area contributed by atoms with Crippen molar-refractivity contribution in [2.45, 2.75) is 142 Å². The summed E-state index contributed by atoms with van der Waals surface area (Å²) in [5.41, 5.74) is 0. The first-order valence-electron chi connectivity index (χ1n) is 16.2. The number of hydrogen-bond acceptors (Lipinski definition) is 9. The van der Waals surface area contributed by atoms with Crippen molar-refractivity contribution in [2.24, 2.45) is 0 Å². The molecular formula is C30H59N6NaO3S. The van der Waals surface area contributed by atoms with Crippen LogP contribution in [0, 0.1) is 0 Å². The molecule has 1 aromatic rings. The van der Waals surface area contributed by atoms with Gasteiger partial charge in [0.25, 0.3) is 0 Å². The number of rotatable bonds is 28. The molecule has 0 spiro atoms. The van der Waals surface area contributed by atoms with Crippen molar-refractivity contribution in [3.8, 4) is 0 Å². The molecular weight excluding hydrogens is 547 g/mol. The van der Waals surface area contributed by atoms with Gasteiger partial charge in [0.1, 0.15) is 0 Å². The van der Waals surface area contributed by atoms with E-state index in [1.165, 1.54) is 109 Å². The molecule has 0 bridgehead atoms. The Morgan fingerprint density at radius 3 is 1.29 bits per heavy atom. The van der Waals surface area contributed by atoms with Gasteiger partial charge in [0.2, 0.25) is 17.8 Å². The SMILES string of the molecule is CCCCCCCCCCCCCCCCNc1nc(NCCCCCCCC)nc(N(C)CCS(=O)(=O)[O-])n1.[Na+]. The van der Waals surface area contributed by atoms with Gasteiger partial charge in [0, 0.05) is 26.7 Å². The first-order valence-corrected chi connectivity index (χ1v) is 17.8. The largest absolute Gasteiger partial charge is 1.00 e. The maximum Gasteiger partial charge on any atom is 1.00 e. The van der Waals surface area contributed by atoms with E-state index in [0.717, 1.165) is 32.4 Å². The number of anilines is 3. The van der Waals surface area contributed by atoms with Crippen molar-refractivity contribution in [1.29, 1.82) is 0 Å². The molecule has 0 aliphatic heterocycles. The Bertz CT molecular complexity index is 848. The minimum Gasteiger partial charge on any atom is -0.748 e. The summed E-state index contributed by atoms with van der Waals surface area (Å²) in [6.07, 6.45) is 25.8. The molecule has 0 fully saturated rings. The molecule has 41 heavy (non-hydrogen) atoms. The quantitative estimate of drug-likeness (QED) is 0.0805. The van der Waals surface area contributed by atoms with Crippen LogP contribution in [0.1, 0.15) is 142 Å². The van der Waals surface area contributed by atoms with Crippen molar-refractivity contribution >= 4 is 28.0 Å². The fourth-order valence-electron chi connectivity index (χ4n) is 4.67. The van der Waals surface area contributed by atoms with Gasteiger partial charge in [-0.25, -0.2) is 8.42 Å². The van der Waals surface area contributed by atoms with E-state index in [1.54, 1.807) is 11.9 Å². The number of nitrogens with one attached hydrogen (secondary N) is 2. The predicted molar refractivity (Wildman–Crippen MR) is 168 cm³/mol. The first-order chi connectivity index (χ1) is 19.4. The van der Waals surface area contributed by atoms with E-state index < -0.39 is 15.9 Å². The van der Waals surface area contributed by atoms with E-state index in [2.05, 4.69) is 39.4 Å². The first kappa shape index (κ1) is 40.3. The normalized spacial score (nSPS) is 11.3. The summed E-state index contributed by atoms with van der Waals surface area (Å²) >= 11 is 0. The van der Waals surface area contributed by atoms with Gasteiger partial charge in [0.05, 0.1) is 15.9 Å². The maximum absolute atomic E-state index is 11.1. The van der Waals surface area contributed by atoms with Crippen LogP contribution in [0.25, 0.3) is 0 Å². The van der Waals surface area contributed by atoms with Gasteiger partial charge in [-0.05, 0) is 12.8 Å². The van der Waals surface area contributed by atoms with E-state index in [1.807, 2.05) is 0 Å². The van der Waals surface area contributed by atoms with Crippen LogP contribution in [-0.2, 0) is 10.1 Å². The molecule has 1 aromatic heterocycles. The molecule has 0 atom stereocenters. The van der Waals surface area contributed by atoms with Crippen LogP contribution >= 0.6 is 0 Å². The van der Waals surface area contributed by atoms with E-state index >= 15 is 0 Å². The summed E-state index contributed by atoms with van der Waals surface area (Å²) in [5, 5.41) is 6.60. The molecule has 11 heteroatoms. The molecule has 234 valence electrons. The average Bonchev–Trinajstić information content (AvgIpc) is 2.93. The van der Waals surface area contributed by atoms with E-state index in [9.17, 15) is 13.0 Å². The molecule has 1 rings (SSSR count). The zero-order chi connectivity index (χ0) is 29.3. The Labute approximate surface area is 274 Å². The molecule has 9 nitrogen and oxygen atoms in total. The van der Waals surface area contributed by atoms with Gasteiger partial charge in [-0.2, -0.15) is 15.0 Å². The Kier molecular flexibility index (Phi) is 26.5. The van der Waals surface area contributed by atoms with Crippen LogP contribution in [0.2, 0.25) is 0 Å². The van der Waals surface area contributed by atoms with Crippen molar-refractivity contribution in [3.05, 3.63) is 0 Å². The molecule has 0 amide bonds. The fraction of sp³-hybridized carbons (Fsp3) is 0.900. The zero-order valence-electron chi connectivity index (χ0n) is 26.9. The van der Waals surface area contributed by atoms with Crippen LogP contribution in [-0.4, -0.2) is 60.4 Å². The second-order valence-electron chi connectivity index (χ2n) is 11.2. The van der Waals surface area contributed by atoms with E-state index in [4.69, 9.17) is 0 Å². The molecule has 0 unspecified atom stereocenters. The van der Waals surface area contributed by atoms with Gasteiger partial charge in [-0.1, -0.05) is 129 Å². The maximum atomic E-state index is 11.1. The smallest absolute Gasteiger partial charge is 0.748 e. The molecule has 0 radical (unpaired) electrons. The minimum absolute atomic E-state index is 0. The summed E-state index contributed by atoms with van der Waals surface area (Å²) < 4.78 is 33.2. The standard InChI is InChI=1S/C30H60N6O3S.Na/c1-4-6-8-10-12-13-14-15-16-17-18-19-21-23-25-32-29-33-28(31-24-22-20-11-9-7-5-2)34-30(35-29)36(3)26-27-40(37,38)39;/h4-27H2,1-3H3,(H,37,38,39)(H2,31,32,33,34,35);/q;+1/p-1. The third-order valence-corrected chi connectivity index (χ3v) is 7.95. The van der Waals surface area contributed by atoms with Gasteiger partial charge >= 0.3 is 29.6 Å². The van der Waals surface area contributed by atoms with Crippen LogP contribution in [0.15, 0.2) is 0 Å². The third kappa shape index (κ3) is 24.5. The second-order valence-corrected chi connectivity index (χ2v) is 12.7. The molecule has 0 aromatic carbocycles. The van der Waals surface area contributed by atoms with Crippen molar-refractivity contribution in [1.82, 2.24) is 15.0 Å². The molecule has 0 aliphatic rings. The monoisotopic (exact) mass is 606 g/mol. The number of hydrogen-bond donors (Lipinski definition) is 2. The van der Waals surface area contributed by atoms with E-state index in [-0.39, 0.29) is 36.1 Å². The average molecular weight is 607 g/mol. The molecule has 2 N–H and O–H groups in total. The molecule has 0 aliphatic carbocycles. The Balaban J connectivity index is 0.0000160. The summed E-state index contributed by atoms with van der Waals surface area (Å²) in [6, 6.07) is 0. The summed E-state index contributed by atoms with van der Waals surface area (Å²) in [7, 11) is -2.62. The molecule has 0 saturated carbocycles. The minimum atomic E-state index is -4.31. The Morgan fingerprint density at radius 2 is 0.951 bits per heavy atom. The zero-order valence-corrected chi connectivity index (χ0v) is 29.7. The Hall–Kier alpha value is -0.680. The summed E-state index contributed by atoms with van der Waals surface area (Å²) in [5.74, 6) is 0.811. The topological polar surface area (TPSA) is 123 Å². The van der Waals surface area contributed by atoms with Crippen LogP contribution < -0.4 is 45.1 Å². The van der Waals surface area contributed by atoms with Gasteiger partial charge in [-0.3, -0.25) is 0 Å². The van der Waals surface area contributed by atoms with E-state index in [0.29, 0.717) is 17.8 Å². The predicted octanol–water partition coefficient (Wildman–Crippen LogP) is 4.52. The number of nitrogens with zero attached hydrogens (tertiary/aromatic N) is 4. The Morgan fingerprint density at radius 1 is 0.610 bits per heavy atom. The molecule has 1 heterocycles. The van der Waals surface area contributed by atoms with Crippen LogP contribution in [0.4, 0.5) is 17.8 Å². The summed E-state index contributed by atoms with van der Waals surface area (Å²) in [4.78, 5) is 15.0. The van der Waals surface area contributed by atoms with Crippen molar-refractivity contribution < 1.29 is 42.5 Å². The van der Waals surface area contributed by atoms with Crippen LogP contribution in [0.3, 0.4) is 0 Å². The van der Waals surface area contributed by atoms with Crippen molar-refractivity contribution in [2.75, 3.05) is 48.0 Å². The van der Waals surface area contributed by atoms with Crippen molar-refractivity contribution in [3.63, 3.8) is 0 Å². The number of aromatic nitrogens is 3. The van der Waals surface area contributed by atoms with Gasteiger partial charge in [0.15, 0.2) is 0 Å². The summed E-state index contributed by atoms with van der Waals surface area (Å²) in [6.45, 7) is 6.06. The molecule has 0 saturated heterocycles. The van der Waals surface area contributed by atoms with Gasteiger partial charge < -0.3 is 20.1 Å². The third-order valence-electron chi connectivity index (χ3n) is 7.27. The van der Waals surface area contributed by atoms with Crippen LogP contribution in [0.5, 0.6) is 0 Å². The second kappa shape index (κ2) is 26.9.